The number of nitrogens with zero attached hydrogens (tertiary/aromatic N) is 2. The van der Waals surface area contributed by atoms with Crippen LogP contribution in [0.5, 0.6) is 0 Å². The number of aromatic nitrogens is 1. The summed E-state index contributed by atoms with van der Waals surface area (Å²) in [4.78, 5) is 24.6. The summed E-state index contributed by atoms with van der Waals surface area (Å²) in [6.45, 7) is 1.70. The fourth-order valence-corrected chi connectivity index (χ4v) is 3.49. The lowest BCUT2D eigenvalue weighted by atomic mass is 10.1. The molecule has 3 rings (SSSR count). The fraction of sp³-hybridized carbons (Fsp3) is 0.158. The van der Waals surface area contributed by atoms with Crippen molar-refractivity contribution < 1.29 is 18.3 Å². The highest BCUT2D eigenvalue weighted by molar-refractivity contribution is 7.80. The third kappa shape index (κ3) is 3.62. The van der Waals surface area contributed by atoms with Gasteiger partial charge in [-0.25, -0.2) is 8.89 Å². The Morgan fingerprint density at radius 1 is 1.19 bits per heavy atom. The van der Waals surface area contributed by atoms with Gasteiger partial charge in [-0.3, -0.25) is 14.1 Å². The number of fused-ring (bicyclic) bond motifs is 1. The van der Waals surface area contributed by atoms with Crippen molar-refractivity contribution >= 4 is 33.7 Å². The highest BCUT2D eigenvalue weighted by Gasteiger charge is 2.21. The Balaban J connectivity index is 2.22. The number of carbonyl (C=O) groups is 1. The second-order valence-electron chi connectivity index (χ2n) is 5.88. The molecule has 1 unspecified atom stereocenters. The van der Waals surface area contributed by atoms with Gasteiger partial charge in [-0.15, -0.1) is 0 Å². The summed E-state index contributed by atoms with van der Waals surface area (Å²) in [5.74, 6) is -0.560. The molecule has 0 spiro atoms. The maximum atomic E-state index is 13.0. The van der Waals surface area contributed by atoms with Gasteiger partial charge < -0.3 is 4.74 Å². The Hall–Kier alpha value is -2.97. The maximum absolute atomic E-state index is 13.0. The monoisotopic (exact) mass is 386 g/mol. The number of rotatable bonds is 5. The Kier molecular flexibility index (Phi) is 5.38. The number of ether oxygens (including phenoxy) is 1. The van der Waals surface area contributed by atoms with Crippen molar-refractivity contribution in [2.45, 2.75) is 13.3 Å². The van der Waals surface area contributed by atoms with E-state index in [4.69, 9.17) is 0 Å². The highest BCUT2D eigenvalue weighted by atomic mass is 32.2. The van der Waals surface area contributed by atoms with Crippen molar-refractivity contribution in [3.63, 3.8) is 0 Å². The fourth-order valence-electron chi connectivity index (χ4n) is 2.88. The summed E-state index contributed by atoms with van der Waals surface area (Å²) < 4.78 is 28.8. The van der Waals surface area contributed by atoms with Crippen LogP contribution in [0.3, 0.4) is 0 Å². The number of carbonyl (C=O) groups excluding carboxylic acids is 1. The molecular weight excluding hydrogens is 368 g/mol. The van der Waals surface area contributed by atoms with E-state index in [-0.39, 0.29) is 12.0 Å². The molecule has 0 aliphatic heterocycles. The number of hydrogen-bond donors (Lipinski definition) is 1. The Morgan fingerprint density at radius 2 is 1.89 bits per heavy atom. The average Bonchev–Trinajstić information content (AvgIpc) is 2.66. The van der Waals surface area contributed by atoms with E-state index in [9.17, 15) is 18.4 Å². The molecule has 0 aliphatic rings. The van der Waals surface area contributed by atoms with Gasteiger partial charge in [0.2, 0.25) is 0 Å². The first-order chi connectivity index (χ1) is 12.9. The van der Waals surface area contributed by atoms with Crippen LogP contribution in [0.4, 0.5) is 5.69 Å². The number of esters is 1. The quantitative estimate of drug-likeness (QED) is 0.537. The standard InChI is InChI=1S/C19H18N2O5S/c1-13-10-11-20(19(23)16(13)12-18(22)26-2)21(27(24)25)17-9-5-7-14-6-3-4-8-15(14)17/h3-11H,12H2,1-2H3,(H,24,25). The van der Waals surface area contributed by atoms with Crippen molar-refractivity contribution in [3.05, 3.63) is 76.2 Å². The SMILES string of the molecule is COC(=O)Cc1c(C)ccn(N(c2cccc3ccccc23)S(=O)O)c1=O. The number of aryl methyl sites for hydroxylation is 1. The van der Waals surface area contributed by atoms with E-state index in [2.05, 4.69) is 4.74 Å². The summed E-state index contributed by atoms with van der Waals surface area (Å²) in [7, 11) is 1.24. The highest BCUT2D eigenvalue weighted by Crippen LogP contribution is 2.27. The second-order valence-corrected chi connectivity index (χ2v) is 6.69. The van der Waals surface area contributed by atoms with Crippen LogP contribution < -0.4 is 9.97 Å². The van der Waals surface area contributed by atoms with Crippen LogP contribution in [0.25, 0.3) is 10.8 Å². The van der Waals surface area contributed by atoms with Crippen LogP contribution in [-0.4, -0.2) is 26.5 Å². The molecule has 0 radical (unpaired) electrons. The van der Waals surface area contributed by atoms with E-state index in [0.717, 1.165) is 14.5 Å². The minimum Gasteiger partial charge on any atom is -0.469 e. The topological polar surface area (TPSA) is 88.8 Å². The molecule has 27 heavy (non-hydrogen) atoms. The van der Waals surface area contributed by atoms with Crippen molar-refractivity contribution in [2.24, 2.45) is 0 Å². The third-order valence-electron chi connectivity index (χ3n) is 4.27. The Bertz CT molecular complexity index is 1090. The summed E-state index contributed by atoms with van der Waals surface area (Å²) in [5.41, 5.74) is 0.642. The van der Waals surface area contributed by atoms with Gasteiger partial charge in [0.15, 0.2) is 0 Å². The molecule has 1 heterocycles. The van der Waals surface area contributed by atoms with Gasteiger partial charge in [0.25, 0.3) is 16.8 Å². The largest absolute Gasteiger partial charge is 0.469 e. The van der Waals surface area contributed by atoms with Gasteiger partial charge in [-0.05, 0) is 30.0 Å². The lowest BCUT2D eigenvalue weighted by Crippen LogP contribution is -2.41. The average molecular weight is 386 g/mol. The predicted octanol–water partition coefficient (Wildman–Crippen LogP) is 2.43. The molecule has 1 N–H and O–H groups in total. The molecule has 0 amide bonds. The second kappa shape index (κ2) is 7.73. The lowest BCUT2D eigenvalue weighted by molar-refractivity contribution is -0.139. The number of methoxy groups -OCH3 is 1. The van der Waals surface area contributed by atoms with Crippen molar-refractivity contribution in [1.29, 1.82) is 0 Å². The van der Waals surface area contributed by atoms with E-state index in [0.29, 0.717) is 16.6 Å². The molecule has 0 saturated carbocycles. The molecule has 7 nitrogen and oxygen atoms in total. The van der Waals surface area contributed by atoms with Crippen LogP contribution in [-0.2, 0) is 27.2 Å². The summed E-state index contributed by atoms with van der Waals surface area (Å²) in [6.07, 6.45) is 1.19. The molecule has 3 aromatic rings. The molecule has 0 bridgehead atoms. The number of hydrogen-bond acceptors (Lipinski definition) is 4. The van der Waals surface area contributed by atoms with Crippen molar-refractivity contribution in [1.82, 2.24) is 4.68 Å². The predicted molar refractivity (Wildman–Crippen MR) is 104 cm³/mol. The van der Waals surface area contributed by atoms with E-state index in [1.54, 1.807) is 31.2 Å². The summed E-state index contributed by atoms with van der Waals surface area (Å²) in [5, 5.41) is 1.57. The molecule has 2 aromatic carbocycles. The molecule has 0 aliphatic carbocycles. The zero-order valence-corrected chi connectivity index (χ0v) is 15.6. The molecule has 0 fully saturated rings. The third-order valence-corrected chi connectivity index (χ3v) is 4.94. The number of benzene rings is 2. The van der Waals surface area contributed by atoms with Gasteiger partial charge >= 0.3 is 5.97 Å². The van der Waals surface area contributed by atoms with E-state index < -0.39 is 22.8 Å². The summed E-state index contributed by atoms with van der Waals surface area (Å²) in [6, 6.07) is 14.2. The van der Waals surface area contributed by atoms with Crippen LogP contribution in [0, 0.1) is 6.92 Å². The molecule has 140 valence electrons. The zero-order chi connectivity index (χ0) is 19.6. The normalized spacial score (nSPS) is 12.0. The minimum atomic E-state index is -2.52. The van der Waals surface area contributed by atoms with Crippen LogP contribution >= 0.6 is 0 Å². The molecular formula is C19H18N2O5S. The summed E-state index contributed by atoms with van der Waals surface area (Å²) >= 11 is -2.52. The van der Waals surface area contributed by atoms with Crippen LogP contribution in [0.15, 0.2) is 59.5 Å². The first-order valence-electron chi connectivity index (χ1n) is 8.11. The maximum Gasteiger partial charge on any atom is 0.310 e. The first-order valence-corrected chi connectivity index (χ1v) is 9.17. The van der Waals surface area contributed by atoms with Crippen molar-refractivity contribution in [2.75, 3.05) is 11.5 Å². The van der Waals surface area contributed by atoms with Crippen LogP contribution in [0.2, 0.25) is 0 Å². The van der Waals surface area contributed by atoms with E-state index in [1.165, 1.54) is 13.3 Å². The van der Waals surface area contributed by atoms with Gasteiger partial charge in [-0.1, -0.05) is 36.4 Å². The van der Waals surface area contributed by atoms with Gasteiger partial charge in [0.05, 0.1) is 19.2 Å². The van der Waals surface area contributed by atoms with E-state index in [1.807, 2.05) is 24.3 Å². The number of anilines is 1. The van der Waals surface area contributed by atoms with Crippen LogP contribution in [0.1, 0.15) is 11.1 Å². The molecule has 1 atom stereocenters. The van der Waals surface area contributed by atoms with Gasteiger partial charge in [0.1, 0.15) is 0 Å². The number of pyridine rings is 1. The lowest BCUT2D eigenvalue weighted by Gasteiger charge is -2.24. The smallest absolute Gasteiger partial charge is 0.310 e. The van der Waals surface area contributed by atoms with E-state index >= 15 is 0 Å². The Morgan fingerprint density at radius 3 is 2.59 bits per heavy atom. The van der Waals surface area contributed by atoms with Gasteiger partial charge in [0, 0.05) is 17.1 Å². The van der Waals surface area contributed by atoms with Gasteiger partial charge in [-0.2, -0.15) is 4.41 Å². The Labute approximate surface area is 158 Å². The molecule has 0 saturated heterocycles. The molecule has 8 heteroatoms. The first kappa shape index (κ1) is 18.8. The zero-order valence-electron chi connectivity index (χ0n) is 14.8. The van der Waals surface area contributed by atoms with Crippen molar-refractivity contribution in [3.8, 4) is 0 Å². The minimum absolute atomic E-state index is 0.208. The molecule has 1 aromatic heterocycles.